The zero-order valence-electron chi connectivity index (χ0n) is 17.0. The van der Waals surface area contributed by atoms with Gasteiger partial charge in [0.25, 0.3) is 0 Å². The molecule has 4 rings (SSSR count). The predicted octanol–water partition coefficient (Wildman–Crippen LogP) is 3.32. The number of ether oxygens (including phenoxy) is 2. The number of aliphatic hydroxyl groups is 1. The second kappa shape index (κ2) is 8.93. The van der Waals surface area contributed by atoms with Crippen LogP contribution in [0.3, 0.4) is 0 Å². The van der Waals surface area contributed by atoms with E-state index in [1.807, 2.05) is 25.1 Å². The summed E-state index contributed by atoms with van der Waals surface area (Å²) in [6.45, 7) is 4.83. The first-order valence-corrected chi connectivity index (χ1v) is 11.4. The van der Waals surface area contributed by atoms with E-state index in [1.165, 1.54) is 23.3 Å². The highest BCUT2D eigenvalue weighted by molar-refractivity contribution is 7.97. The van der Waals surface area contributed by atoms with E-state index in [2.05, 4.69) is 14.8 Å². The third-order valence-electron chi connectivity index (χ3n) is 5.03. The molecule has 10 heteroatoms. The van der Waals surface area contributed by atoms with Crippen molar-refractivity contribution in [2.45, 2.75) is 37.7 Å². The van der Waals surface area contributed by atoms with Crippen LogP contribution in [0.15, 0.2) is 23.1 Å². The number of nitrogens with zero attached hydrogens (tertiary/aromatic N) is 3. The summed E-state index contributed by atoms with van der Waals surface area (Å²) in [6.07, 6.45) is 1.55. The number of aliphatic hydroxyl groups excluding tert-OH is 1. The molecule has 1 saturated carbocycles. The van der Waals surface area contributed by atoms with E-state index in [9.17, 15) is 9.90 Å². The Hall–Kier alpha value is -2.14. The topological polar surface area (TPSA) is 98.0 Å². The van der Waals surface area contributed by atoms with Crippen molar-refractivity contribution in [3.05, 3.63) is 28.9 Å². The molecule has 0 spiro atoms. The Kier molecular flexibility index (Phi) is 6.28. The molecule has 3 aromatic rings. The summed E-state index contributed by atoms with van der Waals surface area (Å²) in [5, 5.41) is 14.2. The van der Waals surface area contributed by atoms with Gasteiger partial charge in [0.05, 0.1) is 36.1 Å². The molecule has 1 fully saturated rings. The van der Waals surface area contributed by atoms with Gasteiger partial charge in [0.2, 0.25) is 9.97 Å². The van der Waals surface area contributed by atoms with Gasteiger partial charge in [-0.1, -0.05) is 11.3 Å². The Morgan fingerprint density at radius 3 is 2.93 bits per heavy atom. The van der Waals surface area contributed by atoms with E-state index in [0.717, 1.165) is 47.0 Å². The highest BCUT2D eigenvalue weighted by Gasteiger charge is 2.26. The lowest BCUT2D eigenvalue weighted by Crippen LogP contribution is -2.34. The van der Waals surface area contributed by atoms with E-state index < -0.39 is 5.97 Å². The molecule has 0 atom stereocenters. The summed E-state index contributed by atoms with van der Waals surface area (Å²) < 4.78 is 15.7. The van der Waals surface area contributed by atoms with Gasteiger partial charge < -0.3 is 14.6 Å². The maximum atomic E-state index is 12.0. The Morgan fingerprint density at radius 1 is 1.43 bits per heavy atom. The Morgan fingerprint density at radius 2 is 2.23 bits per heavy atom. The number of nitrogens with one attached hydrogen (secondary N) is 1. The number of hydrogen-bond acceptors (Lipinski definition) is 9. The van der Waals surface area contributed by atoms with Gasteiger partial charge in [-0.3, -0.25) is 4.72 Å². The van der Waals surface area contributed by atoms with E-state index in [0.29, 0.717) is 17.5 Å². The number of esters is 1. The molecule has 8 nitrogen and oxygen atoms in total. The molecule has 2 N–H and O–H groups in total. The molecule has 0 saturated heterocycles. The van der Waals surface area contributed by atoms with Gasteiger partial charge in [0.15, 0.2) is 0 Å². The molecule has 0 aliphatic heterocycles. The molecular weight excluding hydrogens is 424 g/mol. The van der Waals surface area contributed by atoms with Crippen LogP contribution in [0.5, 0.6) is 5.75 Å². The van der Waals surface area contributed by atoms with Crippen molar-refractivity contribution in [3.8, 4) is 17.0 Å². The molecule has 1 aliphatic carbocycles. The van der Waals surface area contributed by atoms with Crippen LogP contribution in [0.25, 0.3) is 16.2 Å². The van der Waals surface area contributed by atoms with E-state index >= 15 is 0 Å². The molecule has 1 aliphatic rings. The van der Waals surface area contributed by atoms with Crippen molar-refractivity contribution in [3.63, 3.8) is 0 Å². The molecule has 0 unspecified atom stereocenters. The number of carbonyl (C=O) groups excluding carboxylic acids is 1. The fourth-order valence-corrected chi connectivity index (χ4v) is 5.22. The molecule has 0 radical (unpaired) electrons. The summed E-state index contributed by atoms with van der Waals surface area (Å²) in [5.74, 6) is 0.844. The van der Waals surface area contributed by atoms with Gasteiger partial charge in [-0.25, -0.2) is 14.3 Å². The lowest BCUT2D eigenvalue weighted by molar-refractivity contribution is 0.0456. The van der Waals surface area contributed by atoms with Gasteiger partial charge in [-0.2, -0.15) is 0 Å². The SMILES string of the molecule is CCOC(=O)c1nn2c(-c3ccc(OC)c(SNC[C@H]4C[C@@H](O)C4)c3)c(C)nc2s1. The average molecular weight is 449 g/mol. The standard InChI is InChI=1S/C20H24N4O4S2/c1-4-28-19(26)18-23-24-17(11(2)22-20(24)29-18)13-5-6-15(27-3)16(9-13)30-21-10-12-7-14(25)8-12/h5-6,9,12,14,21,25H,4,7-8,10H2,1-3H3/t12-,14+. The van der Waals surface area contributed by atoms with Crippen LogP contribution in [-0.2, 0) is 4.74 Å². The van der Waals surface area contributed by atoms with Crippen molar-refractivity contribution >= 4 is 34.2 Å². The summed E-state index contributed by atoms with van der Waals surface area (Å²) in [4.78, 5) is 18.2. The molecule has 0 bridgehead atoms. The number of methoxy groups -OCH3 is 1. The lowest BCUT2D eigenvalue weighted by Gasteiger charge is -2.31. The molecule has 1 aromatic carbocycles. The summed E-state index contributed by atoms with van der Waals surface area (Å²) in [7, 11) is 1.65. The second-order valence-electron chi connectivity index (χ2n) is 7.18. The van der Waals surface area contributed by atoms with Crippen LogP contribution >= 0.6 is 23.3 Å². The van der Waals surface area contributed by atoms with Crippen molar-refractivity contribution in [1.82, 2.24) is 19.3 Å². The second-order valence-corrected chi connectivity index (χ2v) is 9.06. The van der Waals surface area contributed by atoms with Gasteiger partial charge >= 0.3 is 5.97 Å². The zero-order valence-corrected chi connectivity index (χ0v) is 18.7. The lowest BCUT2D eigenvalue weighted by atomic mass is 9.83. The Bertz CT molecular complexity index is 1060. The number of carbonyl (C=O) groups is 1. The predicted molar refractivity (Wildman–Crippen MR) is 116 cm³/mol. The van der Waals surface area contributed by atoms with E-state index in [-0.39, 0.29) is 11.1 Å². The fourth-order valence-electron chi connectivity index (χ4n) is 3.46. The summed E-state index contributed by atoms with van der Waals surface area (Å²) >= 11 is 2.73. The first-order valence-electron chi connectivity index (χ1n) is 9.79. The third kappa shape index (κ3) is 4.18. The van der Waals surface area contributed by atoms with Crippen molar-refractivity contribution in [2.75, 3.05) is 20.3 Å². The molecule has 2 aromatic heterocycles. The van der Waals surface area contributed by atoms with Gasteiger partial charge in [0.1, 0.15) is 5.75 Å². The quantitative estimate of drug-likeness (QED) is 0.400. The Balaban J connectivity index is 1.60. The molecular formula is C20H24N4O4S2. The smallest absolute Gasteiger partial charge is 0.369 e. The minimum atomic E-state index is -0.437. The molecule has 30 heavy (non-hydrogen) atoms. The fraction of sp³-hybridized carbons (Fsp3) is 0.450. The number of imidazole rings is 1. The molecule has 160 valence electrons. The number of benzene rings is 1. The first kappa shape index (κ1) is 21.1. The van der Waals surface area contributed by atoms with Crippen molar-refractivity contribution in [1.29, 1.82) is 0 Å². The zero-order chi connectivity index (χ0) is 21.3. The van der Waals surface area contributed by atoms with Crippen LogP contribution in [0.2, 0.25) is 0 Å². The highest BCUT2D eigenvalue weighted by Crippen LogP contribution is 2.35. The van der Waals surface area contributed by atoms with Gasteiger partial charge in [0, 0.05) is 12.1 Å². The number of rotatable bonds is 8. The monoisotopic (exact) mass is 448 g/mol. The van der Waals surface area contributed by atoms with Gasteiger partial charge in [-0.05, 0) is 62.8 Å². The minimum absolute atomic E-state index is 0.149. The normalized spacial score (nSPS) is 18.4. The van der Waals surface area contributed by atoms with Crippen LogP contribution in [0.4, 0.5) is 0 Å². The first-order chi connectivity index (χ1) is 14.5. The summed E-state index contributed by atoms with van der Waals surface area (Å²) in [6, 6.07) is 5.92. The van der Waals surface area contributed by atoms with E-state index in [1.54, 1.807) is 18.5 Å². The van der Waals surface area contributed by atoms with Crippen molar-refractivity contribution < 1.29 is 19.4 Å². The average Bonchev–Trinajstić information content (AvgIpc) is 3.23. The van der Waals surface area contributed by atoms with Crippen molar-refractivity contribution in [2.24, 2.45) is 5.92 Å². The third-order valence-corrected chi connectivity index (χ3v) is 6.77. The summed E-state index contributed by atoms with van der Waals surface area (Å²) in [5.41, 5.74) is 2.61. The maximum absolute atomic E-state index is 12.0. The van der Waals surface area contributed by atoms with E-state index in [4.69, 9.17) is 9.47 Å². The molecule has 2 heterocycles. The number of aryl methyl sites for hydroxylation is 1. The van der Waals surface area contributed by atoms with Crippen LogP contribution < -0.4 is 9.46 Å². The highest BCUT2D eigenvalue weighted by atomic mass is 32.2. The Labute approximate surface area is 182 Å². The largest absolute Gasteiger partial charge is 0.496 e. The molecule has 0 amide bonds. The maximum Gasteiger partial charge on any atom is 0.369 e. The number of fused-ring (bicyclic) bond motifs is 1. The number of hydrogen-bond donors (Lipinski definition) is 2. The van der Waals surface area contributed by atoms with Crippen LogP contribution in [-0.4, -0.2) is 52.0 Å². The van der Waals surface area contributed by atoms with Crippen LogP contribution in [0.1, 0.15) is 35.3 Å². The van der Waals surface area contributed by atoms with Gasteiger partial charge in [-0.15, -0.1) is 5.10 Å². The number of aromatic nitrogens is 3. The van der Waals surface area contributed by atoms with Crippen LogP contribution in [0, 0.1) is 12.8 Å². The minimum Gasteiger partial charge on any atom is -0.496 e.